The minimum absolute atomic E-state index is 0.549. The van der Waals surface area contributed by atoms with E-state index in [1.165, 1.54) is 0 Å². The molecule has 50 heavy (non-hydrogen) atoms. The number of hydrogen-bond donors (Lipinski definition) is 0. The van der Waals surface area contributed by atoms with Crippen LogP contribution in [0.4, 0.5) is 11.4 Å². The molecular formula is C45H25N5. The third kappa shape index (κ3) is 4.31. The van der Waals surface area contributed by atoms with Crippen molar-refractivity contribution in [3.8, 4) is 39.7 Å². The third-order valence-electron chi connectivity index (χ3n) is 9.60. The number of nitrogens with zero attached hydrogens (tertiary/aromatic N) is 5. The third-order valence-corrected chi connectivity index (χ3v) is 9.60. The van der Waals surface area contributed by atoms with E-state index in [2.05, 4.69) is 97.7 Å². The molecule has 230 valence electrons. The molecule has 0 aliphatic heterocycles. The van der Waals surface area contributed by atoms with Crippen molar-refractivity contribution in [3.63, 3.8) is 0 Å². The molecule has 0 N–H and O–H groups in total. The first-order valence-corrected chi connectivity index (χ1v) is 16.2. The Bertz CT molecular complexity index is 2960. The normalized spacial score (nSPS) is 11.1. The molecule has 0 aliphatic carbocycles. The highest BCUT2D eigenvalue weighted by Crippen LogP contribution is 2.44. The molecule has 0 atom stereocenters. The second-order valence-corrected chi connectivity index (χ2v) is 12.2. The fourth-order valence-electron chi connectivity index (χ4n) is 7.43. The lowest BCUT2D eigenvalue weighted by molar-refractivity contribution is 1.18. The Hall–Kier alpha value is -7.39. The quantitative estimate of drug-likeness (QED) is 0.177. The van der Waals surface area contributed by atoms with Crippen LogP contribution in [0.5, 0.6) is 0 Å². The van der Waals surface area contributed by atoms with Gasteiger partial charge in [-0.3, -0.25) is 0 Å². The molecule has 7 aromatic carbocycles. The SMILES string of the molecule is [C-]#[N+]c1ccc2c(c1)c1ccccc1n2-c1ccc(-c2ccccc2-c2cccc([N+]#[C-])c2-n2c3ccccc3c3cc(C#N)ccc32)cc1. The Morgan fingerprint density at radius 3 is 1.80 bits per heavy atom. The number of benzene rings is 7. The Morgan fingerprint density at radius 2 is 1.08 bits per heavy atom. The monoisotopic (exact) mass is 635 g/mol. The molecule has 0 bridgehead atoms. The average molecular weight is 636 g/mol. The molecule has 0 unspecified atom stereocenters. The molecule has 0 fully saturated rings. The van der Waals surface area contributed by atoms with Crippen LogP contribution in [-0.4, -0.2) is 9.13 Å². The van der Waals surface area contributed by atoms with Gasteiger partial charge in [-0.05, 0) is 82.2 Å². The second kappa shape index (κ2) is 11.4. The lowest BCUT2D eigenvalue weighted by Crippen LogP contribution is -1.99. The van der Waals surface area contributed by atoms with Gasteiger partial charge in [0.1, 0.15) is 0 Å². The number of para-hydroxylation sites is 3. The first kappa shape index (κ1) is 28.8. The predicted molar refractivity (Wildman–Crippen MR) is 203 cm³/mol. The highest BCUT2D eigenvalue weighted by atomic mass is 15.0. The molecular weight excluding hydrogens is 611 g/mol. The van der Waals surface area contributed by atoms with Crippen molar-refractivity contribution in [3.05, 3.63) is 180 Å². The van der Waals surface area contributed by atoms with Gasteiger partial charge in [0.2, 0.25) is 5.69 Å². The summed E-state index contributed by atoms with van der Waals surface area (Å²) < 4.78 is 4.43. The van der Waals surface area contributed by atoms with E-state index < -0.39 is 0 Å². The first-order valence-electron chi connectivity index (χ1n) is 16.2. The van der Waals surface area contributed by atoms with E-state index in [0.29, 0.717) is 16.9 Å². The van der Waals surface area contributed by atoms with Crippen LogP contribution < -0.4 is 0 Å². The van der Waals surface area contributed by atoms with Crippen molar-refractivity contribution >= 4 is 55.0 Å². The van der Waals surface area contributed by atoms with E-state index >= 15 is 0 Å². The number of fused-ring (bicyclic) bond motifs is 6. The molecule has 0 amide bonds. The zero-order valence-electron chi connectivity index (χ0n) is 26.7. The van der Waals surface area contributed by atoms with Crippen LogP contribution >= 0.6 is 0 Å². The summed E-state index contributed by atoms with van der Waals surface area (Å²) in [5, 5.41) is 13.9. The van der Waals surface area contributed by atoms with Gasteiger partial charge in [-0.1, -0.05) is 97.1 Å². The van der Waals surface area contributed by atoms with Gasteiger partial charge in [-0.2, -0.15) is 5.26 Å². The summed E-state index contributed by atoms with van der Waals surface area (Å²) in [6.45, 7) is 15.8. The van der Waals surface area contributed by atoms with Gasteiger partial charge in [0.15, 0.2) is 5.69 Å². The Morgan fingerprint density at radius 1 is 0.480 bits per heavy atom. The summed E-state index contributed by atoms with van der Waals surface area (Å²) in [5.74, 6) is 0. The van der Waals surface area contributed by atoms with Gasteiger partial charge in [0.05, 0.1) is 52.5 Å². The number of nitriles is 1. The Labute approximate surface area is 288 Å². The fourth-order valence-corrected chi connectivity index (χ4v) is 7.43. The van der Waals surface area contributed by atoms with Gasteiger partial charge >= 0.3 is 0 Å². The van der Waals surface area contributed by atoms with Crippen LogP contribution in [0.25, 0.3) is 86.9 Å². The largest absolute Gasteiger partial charge is 0.318 e. The van der Waals surface area contributed by atoms with Crippen molar-refractivity contribution in [2.45, 2.75) is 0 Å². The Kier molecular flexibility index (Phi) is 6.56. The van der Waals surface area contributed by atoms with E-state index in [4.69, 9.17) is 13.1 Å². The molecule has 2 heterocycles. The lowest BCUT2D eigenvalue weighted by Gasteiger charge is -2.19. The van der Waals surface area contributed by atoms with Crippen LogP contribution in [0, 0.1) is 24.5 Å². The average Bonchev–Trinajstić information content (AvgIpc) is 3.69. The van der Waals surface area contributed by atoms with Crippen molar-refractivity contribution in [1.29, 1.82) is 5.26 Å². The van der Waals surface area contributed by atoms with Crippen LogP contribution in [0.15, 0.2) is 152 Å². The highest BCUT2D eigenvalue weighted by Gasteiger charge is 2.21. The smallest absolute Gasteiger partial charge is 0.211 e. The lowest BCUT2D eigenvalue weighted by atomic mass is 9.93. The molecule has 0 saturated carbocycles. The maximum absolute atomic E-state index is 9.68. The molecule has 0 spiro atoms. The maximum atomic E-state index is 9.68. The van der Waals surface area contributed by atoms with E-state index in [0.717, 1.165) is 77.2 Å². The maximum Gasteiger partial charge on any atom is 0.211 e. The molecule has 5 heteroatoms. The topological polar surface area (TPSA) is 42.4 Å². The summed E-state index contributed by atoms with van der Waals surface area (Å²) in [7, 11) is 0. The molecule has 9 aromatic rings. The van der Waals surface area contributed by atoms with Gasteiger partial charge in [0, 0.05) is 21.8 Å². The minimum atomic E-state index is 0.549. The number of aromatic nitrogens is 2. The first-order chi connectivity index (χ1) is 24.7. The minimum Gasteiger partial charge on any atom is -0.318 e. The second-order valence-electron chi connectivity index (χ2n) is 12.2. The van der Waals surface area contributed by atoms with Crippen molar-refractivity contribution in [1.82, 2.24) is 9.13 Å². The van der Waals surface area contributed by atoms with Gasteiger partial charge in [-0.25, -0.2) is 9.69 Å². The predicted octanol–water partition coefficient (Wildman–Crippen LogP) is 12.2. The highest BCUT2D eigenvalue weighted by molar-refractivity contribution is 6.12. The van der Waals surface area contributed by atoms with E-state index in [9.17, 15) is 5.26 Å². The van der Waals surface area contributed by atoms with Crippen molar-refractivity contribution < 1.29 is 0 Å². The van der Waals surface area contributed by atoms with Gasteiger partial charge in [0.25, 0.3) is 0 Å². The summed E-state index contributed by atoms with van der Waals surface area (Å²) in [5.41, 5.74) is 11.8. The van der Waals surface area contributed by atoms with Crippen LogP contribution in [0.3, 0.4) is 0 Å². The van der Waals surface area contributed by atoms with Crippen molar-refractivity contribution in [2.75, 3.05) is 0 Å². The van der Waals surface area contributed by atoms with Crippen molar-refractivity contribution in [2.24, 2.45) is 0 Å². The molecule has 0 radical (unpaired) electrons. The van der Waals surface area contributed by atoms with Gasteiger partial charge < -0.3 is 9.13 Å². The number of hydrogen-bond acceptors (Lipinski definition) is 1. The summed E-state index contributed by atoms with van der Waals surface area (Å²) in [6.07, 6.45) is 0. The molecule has 0 aliphatic rings. The zero-order chi connectivity index (χ0) is 33.8. The van der Waals surface area contributed by atoms with E-state index in [-0.39, 0.29) is 0 Å². The van der Waals surface area contributed by atoms with Crippen LogP contribution in [-0.2, 0) is 0 Å². The molecule has 2 aromatic heterocycles. The van der Waals surface area contributed by atoms with Crippen LogP contribution in [0.1, 0.15) is 5.56 Å². The summed E-state index contributed by atoms with van der Waals surface area (Å²) >= 11 is 0. The molecule has 9 rings (SSSR count). The zero-order valence-corrected chi connectivity index (χ0v) is 26.7. The van der Waals surface area contributed by atoms with E-state index in [1.54, 1.807) is 0 Å². The molecule has 5 nitrogen and oxygen atoms in total. The summed E-state index contributed by atoms with van der Waals surface area (Å²) in [4.78, 5) is 7.69. The van der Waals surface area contributed by atoms with Crippen LogP contribution in [0.2, 0.25) is 0 Å². The molecule has 0 saturated heterocycles. The fraction of sp³-hybridized carbons (Fsp3) is 0. The Balaban J connectivity index is 1.23. The van der Waals surface area contributed by atoms with Gasteiger partial charge in [-0.15, -0.1) is 0 Å². The van der Waals surface area contributed by atoms with E-state index in [1.807, 2.05) is 78.9 Å². The summed E-state index contributed by atoms with van der Waals surface area (Å²) in [6, 6.07) is 53.3. The number of rotatable bonds is 4. The standard InChI is InChI=1S/C45H25N5/c1-47-31-21-25-43-39(27-31)36-13-5-7-16-41(36)49(43)32-22-19-30(20-23-32)33-10-3-4-11-34(33)37-14-9-15-40(48-2)45(37)50-42-17-8-6-12-35(42)38-26-29(28-46)18-24-44(38)50/h3-27H.